The molecule has 0 aromatic heterocycles. The molecule has 0 atom stereocenters. The highest BCUT2D eigenvalue weighted by Crippen LogP contribution is 2.21. The summed E-state index contributed by atoms with van der Waals surface area (Å²) >= 11 is 6.07. The van der Waals surface area contributed by atoms with Crippen LogP contribution in [0.15, 0.2) is 78.9 Å². The maximum atomic E-state index is 12.6. The molecular weight excluding hydrogens is 334 g/mol. The van der Waals surface area contributed by atoms with Gasteiger partial charge in [0.05, 0.1) is 16.3 Å². The molecule has 0 heterocycles. The molecule has 0 saturated heterocycles. The number of anilines is 1. The van der Waals surface area contributed by atoms with E-state index in [0.29, 0.717) is 21.8 Å². The summed E-state index contributed by atoms with van der Waals surface area (Å²) in [4.78, 5) is 25.1. The van der Waals surface area contributed by atoms with Gasteiger partial charge in [-0.1, -0.05) is 66.2 Å². The van der Waals surface area contributed by atoms with Gasteiger partial charge >= 0.3 is 0 Å². The van der Waals surface area contributed by atoms with Gasteiger partial charge in [0.1, 0.15) is 0 Å². The predicted octanol–water partition coefficient (Wildman–Crippen LogP) is 5.02. The van der Waals surface area contributed by atoms with E-state index in [2.05, 4.69) is 5.32 Å². The van der Waals surface area contributed by atoms with E-state index >= 15 is 0 Å². The van der Waals surface area contributed by atoms with Crippen molar-refractivity contribution in [2.45, 2.75) is 6.42 Å². The van der Waals surface area contributed by atoms with E-state index in [4.69, 9.17) is 11.6 Å². The summed E-state index contributed by atoms with van der Waals surface area (Å²) in [6.07, 6.45) is 0.278. The highest BCUT2D eigenvalue weighted by molar-refractivity contribution is 6.34. The molecule has 0 aliphatic heterocycles. The van der Waals surface area contributed by atoms with Crippen LogP contribution in [0.2, 0.25) is 5.02 Å². The third-order valence-electron chi connectivity index (χ3n) is 3.80. The number of halogens is 1. The summed E-state index contributed by atoms with van der Waals surface area (Å²) in [5.41, 5.74) is 2.26. The van der Waals surface area contributed by atoms with Crippen LogP contribution in [0.3, 0.4) is 0 Å². The molecule has 0 spiro atoms. The molecule has 4 heteroatoms. The van der Waals surface area contributed by atoms with Crippen LogP contribution in [-0.4, -0.2) is 11.7 Å². The lowest BCUT2D eigenvalue weighted by atomic mass is 10.0. The van der Waals surface area contributed by atoms with Crippen molar-refractivity contribution < 1.29 is 9.59 Å². The van der Waals surface area contributed by atoms with Crippen molar-refractivity contribution in [1.29, 1.82) is 0 Å². The zero-order valence-corrected chi connectivity index (χ0v) is 14.2. The molecule has 0 unspecified atom stereocenters. The third kappa shape index (κ3) is 4.14. The van der Waals surface area contributed by atoms with E-state index < -0.39 is 0 Å². The van der Waals surface area contributed by atoms with Gasteiger partial charge in [-0.05, 0) is 29.8 Å². The smallest absolute Gasteiger partial charge is 0.257 e. The fourth-order valence-corrected chi connectivity index (χ4v) is 2.77. The molecule has 3 rings (SSSR count). The van der Waals surface area contributed by atoms with Crippen molar-refractivity contribution >= 4 is 29.0 Å². The van der Waals surface area contributed by atoms with E-state index in [1.807, 2.05) is 30.3 Å². The topological polar surface area (TPSA) is 46.2 Å². The largest absolute Gasteiger partial charge is 0.321 e. The minimum absolute atomic E-state index is 0.0544. The third-order valence-corrected chi connectivity index (χ3v) is 4.13. The Hall–Kier alpha value is -2.91. The molecule has 0 radical (unpaired) electrons. The van der Waals surface area contributed by atoms with Gasteiger partial charge in [0.2, 0.25) is 0 Å². The second-order valence-corrected chi connectivity index (χ2v) is 5.97. The van der Waals surface area contributed by atoms with Crippen LogP contribution in [-0.2, 0) is 6.42 Å². The average molecular weight is 350 g/mol. The molecule has 124 valence electrons. The van der Waals surface area contributed by atoms with Crippen LogP contribution in [0, 0.1) is 0 Å². The maximum Gasteiger partial charge on any atom is 0.257 e. The number of amides is 1. The molecule has 0 aliphatic carbocycles. The first kappa shape index (κ1) is 16.9. The Kier molecular flexibility index (Phi) is 5.26. The van der Waals surface area contributed by atoms with Crippen LogP contribution in [0.25, 0.3) is 0 Å². The van der Waals surface area contributed by atoms with Gasteiger partial charge in [-0.3, -0.25) is 9.59 Å². The number of hydrogen-bond acceptors (Lipinski definition) is 2. The Balaban J connectivity index is 1.82. The van der Waals surface area contributed by atoms with E-state index in [-0.39, 0.29) is 18.1 Å². The Morgan fingerprint density at radius 3 is 2.08 bits per heavy atom. The van der Waals surface area contributed by atoms with Gasteiger partial charge in [-0.15, -0.1) is 0 Å². The van der Waals surface area contributed by atoms with E-state index in [0.717, 1.165) is 5.56 Å². The molecule has 3 nitrogen and oxygen atoms in total. The number of ketones is 1. The summed E-state index contributed by atoms with van der Waals surface area (Å²) in [5.74, 6) is -0.396. The van der Waals surface area contributed by atoms with Crippen LogP contribution in [0.4, 0.5) is 5.69 Å². The van der Waals surface area contributed by atoms with Crippen LogP contribution < -0.4 is 5.32 Å². The van der Waals surface area contributed by atoms with Crippen LogP contribution >= 0.6 is 11.6 Å². The van der Waals surface area contributed by atoms with Gasteiger partial charge in [0, 0.05) is 12.0 Å². The number of rotatable bonds is 5. The molecule has 0 saturated carbocycles. The molecule has 0 fully saturated rings. The minimum Gasteiger partial charge on any atom is -0.321 e. The second kappa shape index (κ2) is 7.77. The molecule has 1 amide bonds. The first-order chi connectivity index (χ1) is 12.1. The SMILES string of the molecule is O=C(Nc1ccccc1C(=O)Cc1ccccc1)c1ccccc1Cl. The highest BCUT2D eigenvalue weighted by Gasteiger charge is 2.15. The summed E-state index contributed by atoms with van der Waals surface area (Å²) < 4.78 is 0. The van der Waals surface area contributed by atoms with E-state index in [9.17, 15) is 9.59 Å². The van der Waals surface area contributed by atoms with Crippen LogP contribution in [0.5, 0.6) is 0 Å². The lowest BCUT2D eigenvalue weighted by molar-refractivity contribution is 0.0994. The summed E-state index contributed by atoms with van der Waals surface area (Å²) in [5, 5.41) is 3.16. The highest BCUT2D eigenvalue weighted by atomic mass is 35.5. The quantitative estimate of drug-likeness (QED) is 0.657. The fourth-order valence-electron chi connectivity index (χ4n) is 2.55. The molecule has 25 heavy (non-hydrogen) atoms. The monoisotopic (exact) mass is 349 g/mol. The molecule has 3 aromatic carbocycles. The van der Waals surface area contributed by atoms with Crippen molar-refractivity contribution in [2.24, 2.45) is 0 Å². The average Bonchev–Trinajstić information content (AvgIpc) is 2.63. The van der Waals surface area contributed by atoms with Crippen molar-refractivity contribution in [2.75, 3.05) is 5.32 Å². The van der Waals surface area contributed by atoms with Gasteiger partial charge in [0.15, 0.2) is 5.78 Å². The molecule has 0 aliphatic rings. The fraction of sp³-hybridized carbons (Fsp3) is 0.0476. The molecular formula is C21H16ClNO2. The van der Waals surface area contributed by atoms with E-state index in [1.54, 1.807) is 48.5 Å². The van der Waals surface area contributed by atoms with Crippen molar-refractivity contribution in [3.05, 3.63) is 101 Å². The standard InChI is InChI=1S/C21H16ClNO2/c22-18-12-6-4-10-16(18)21(25)23-19-13-7-5-11-17(19)20(24)14-15-8-2-1-3-9-15/h1-13H,14H2,(H,23,25). The number of carbonyl (C=O) groups is 2. The zero-order valence-electron chi connectivity index (χ0n) is 13.4. The molecule has 1 N–H and O–H groups in total. The number of Topliss-reactive ketones (excluding diaryl/α,β-unsaturated/α-hetero) is 1. The number of carbonyl (C=O) groups excluding carboxylic acids is 2. The summed E-state index contributed by atoms with van der Waals surface area (Å²) in [7, 11) is 0. The lowest BCUT2D eigenvalue weighted by Crippen LogP contribution is -2.16. The Morgan fingerprint density at radius 1 is 0.760 bits per heavy atom. The maximum absolute atomic E-state index is 12.6. The Labute approximate surface area is 151 Å². The first-order valence-electron chi connectivity index (χ1n) is 7.87. The van der Waals surface area contributed by atoms with Crippen molar-refractivity contribution in [1.82, 2.24) is 0 Å². The van der Waals surface area contributed by atoms with Gasteiger partial charge in [-0.25, -0.2) is 0 Å². The molecule has 0 bridgehead atoms. The summed E-state index contributed by atoms with van der Waals surface area (Å²) in [6.45, 7) is 0. The number of nitrogens with one attached hydrogen (secondary N) is 1. The van der Waals surface area contributed by atoms with E-state index in [1.165, 1.54) is 0 Å². The Bertz CT molecular complexity index is 907. The minimum atomic E-state index is -0.342. The van der Waals surface area contributed by atoms with Gasteiger partial charge in [0.25, 0.3) is 5.91 Å². The first-order valence-corrected chi connectivity index (χ1v) is 8.25. The second-order valence-electron chi connectivity index (χ2n) is 5.57. The Morgan fingerprint density at radius 2 is 1.36 bits per heavy atom. The van der Waals surface area contributed by atoms with Crippen LogP contribution in [0.1, 0.15) is 26.3 Å². The lowest BCUT2D eigenvalue weighted by Gasteiger charge is -2.11. The van der Waals surface area contributed by atoms with Gasteiger partial charge < -0.3 is 5.32 Å². The number of hydrogen-bond donors (Lipinski definition) is 1. The normalized spacial score (nSPS) is 10.3. The van der Waals surface area contributed by atoms with Crippen molar-refractivity contribution in [3.8, 4) is 0 Å². The van der Waals surface area contributed by atoms with Crippen molar-refractivity contribution in [3.63, 3.8) is 0 Å². The summed E-state index contributed by atoms with van der Waals surface area (Å²) in [6, 6.07) is 23.3. The zero-order chi connectivity index (χ0) is 17.6. The predicted molar refractivity (Wildman–Crippen MR) is 100 cm³/mol. The number of para-hydroxylation sites is 1. The molecule has 3 aromatic rings. The number of benzene rings is 3. The van der Waals surface area contributed by atoms with Gasteiger partial charge in [-0.2, -0.15) is 0 Å².